The first-order valence-corrected chi connectivity index (χ1v) is 12.7. The normalized spacial score (nSPS) is 34.0. The van der Waals surface area contributed by atoms with Crippen LogP contribution in [0.25, 0.3) is 22.1 Å². The van der Waals surface area contributed by atoms with Gasteiger partial charge in [0, 0.05) is 6.07 Å². The summed E-state index contributed by atoms with van der Waals surface area (Å²) in [5.41, 5.74) is 0.486. The highest BCUT2D eigenvalue weighted by Crippen LogP contribution is 2.29. The van der Waals surface area contributed by atoms with Gasteiger partial charge in [0.25, 0.3) is 0 Å². The monoisotopic (exact) mass is 578 g/mol. The Kier molecular flexibility index (Phi) is 8.58. The van der Waals surface area contributed by atoms with E-state index in [9.17, 15) is 45.6 Å². The van der Waals surface area contributed by atoms with Crippen LogP contribution in [0.2, 0.25) is 0 Å². The Morgan fingerprint density at radius 1 is 0.659 bits per heavy atom. The second kappa shape index (κ2) is 12.0. The van der Waals surface area contributed by atoms with Gasteiger partial charge in [-0.1, -0.05) is 12.1 Å². The minimum atomic E-state index is -1.61. The number of benzene rings is 2. The van der Waals surface area contributed by atoms with Crippen LogP contribution in [0.3, 0.4) is 0 Å². The first kappa shape index (κ1) is 29.3. The number of aliphatic hydroxyl groups is 8. The van der Waals surface area contributed by atoms with Crippen molar-refractivity contribution >= 4 is 11.0 Å². The lowest BCUT2D eigenvalue weighted by molar-refractivity contribution is -0.277. The molecule has 0 amide bonds. The molecule has 8 N–H and O–H groups in total. The molecule has 2 saturated heterocycles. The average molecular weight is 579 g/mol. The predicted octanol–water partition coefficient (Wildman–Crippen LogP) is -2.18. The zero-order chi connectivity index (χ0) is 29.4. The quantitative estimate of drug-likeness (QED) is 0.149. The predicted molar refractivity (Wildman–Crippen MR) is 137 cm³/mol. The van der Waals surface area contributed by atoms with Crippen LogP contribution in [0.1, 0.15) is 0 Å². The molecule has 0 saturated carbocycles. The van der Waals surface area contributed by atoms with Crippen molar-refractivity contribution in [2.45, 2.75) is 61.4 Å². The molecule has 3 aromatic rings. The van der Waals surface area contributed by atoms with Crippen molar-refractivity contribution in [2.75, 3.05) is 13.2 Å². The lowest BCUT2D eigenvalue weighted by atomic mass is 9.99. The minimum absolute atomic E-state index is 0.132. The van der Waals surface area contributed by atoms with Gasteiger partial charge in [-0.25, -0.2) is 0 Å². The summed E-state index contributed by atoms with van der Waals surface area (Å²) in [7, 11) is 0. The number of aliphatic hydroxyl groups excluding tert-OH is 8. The van der Waals surface area contributed by atoms with Gasteiger partial charge >= 0.3 is 0 Å². The summed E-state index contributed by atoms with van der Waals surface area (Å²) in [6.07, 6.45) is -13.2. The van der Waals surface area contributed by atoms with Crippen LogP contribution < -0.4 is 14.9 Å². The van der Waals surface area contributed by atoms with Gasteiger partial charge in [0.05, 0.1) is 24.2 Å². The van der Waals surface area contributed by atoms with Gasteiger partial charge in [0.2, 0.25) is 12.6 Å². The fraction of sp³-hybridized carbons (Fsp3) is 0.444. The molecule has 2 aliphatic rings. The van der Waals surface area contributed by atoms with Crippen LogP contribution in [0.4, 0.5) is 0 Å². The van der Waals surface area contributed by atoms with Crippen molar-refractivity contribution < 1.29 is 64.2 Å². The maximum Gasteiger partial charge on any atom is 0.229 e. The molecule has 14 heteroatoms. The summed E-state index contributed by atoms with van der Waals surface area (Å²) in [4.78, 5) is 13.2. The lowest BCUT2D eigenvalue weighted by Gasteiger charge is -2.39. The average Bonchev–Trinajstić information content (AvgIpc) is 2.98. The second-order valence-corrected chi connectivity index (χ2v) is 9.79. The Morgan fingerprint density at radius 3 is 1.71 bits per heavy atom. The van der Waals surface area contributed by atoms with E-state index in [-0.39, 0.29) is 33.5 Å². The molecular formula is C27H30O14. The van der Waals surface area contributed by atoms with Crippen LogP contribution in [0, 0.1) is 0 Å². The van der Waals surface area contributed by atoms with Crippen LogP contribution in [-0.4, -0.2) is 115 Å². The molecule has 0 aliphatic carbocycles. The number of hydrogen-bond acceptors (Lipinski definition) is 14. The van der Waals surface area contributed by atoms with Crippen LogP contribution in [0.15, 0.2) is 57.9 Å². The molecule has 1 aromatic heterocycles. The van der Waals surface area contributed by atoms with E-state index in [1.807, 2.05) is 0 Å². The van der Waals surface area contributed by atoms with Crippen molar-refractivity contribution in [3.8, 4) is 22.6 Å². The molecule has 0 radical (unpaired) electrons. The molecule has 2 aromatic carbocycles. The Balaban J connectivity index is 1.31. The maximum absolute atomic E-state index is 13.2. The second-order valence-electron chi connectivity index (χ2n) is 9.79. The number of fused-ring (bicyclic) bond motifs is 1. The van der Waals surface area contributed by atoms with Gasteiger partial charge in [0.15, 0.2) is 5.43 Å². The Morgan fingerprint density at radius 2 is 1.17 bits per heavy atom. The number of hydrogen-bond donors (Lipinski definition) is 8. The third-order valence-corrected chi connectivity index (χ3v) is 7.11. The molecule has 0 bridgehead atoms. The number of ether oxygens (including phenoxy) is 4. The molecule has 41 heavy (non-hydrogen) atoms. The molecule has 2 fully saturated rings. The molecule has 10 unspecified atom stereocenters. The highest BCUT2D eigenvalue weighted by molar-refractivity contribution is 5.82. The minimum Gasteiger partial charge on any atom is -0.463 e. The molecular weight excluding hydrogens is 548 g/mol. The standard InChI is InChI=1S/C27H30O14/c28-8-17-20(31)22(33)24(35)26(40-17)38-12-3-1-11(2-4-12)15-10-37-16-7-13(5-6-14(16)19(15)30)39-27-25(36)23(34)21(32)18(9-29)41-27/h1-7,10,17-18,20-29,31-36H,8-9H2. The highest BCUT2D eigenvalue weighted by Gasteiger charge is 2.45. The SMILES string of the molecule is O=c1c(-c2ccc(OC3OC(CO)C(O)C(O)C3O)cc2)coc2cc(OC3OC(CO)C(O)C(O)C3O)ccc12. The third-order valence-electron chi connectivity index (χ3n) is 7.11. The van der Waals surface area contributed by atoms with E-state index in [1.165, 1.54) is 36.6 Å². The van der Waals surface area contributed by atoms with E-state index < -0.39 is 74.6 Å². The summed E-state index contributed by atoms with van der Waals surface area (Å²) in [6.45, 7) is -1.20. The van der Waals surface area contributed by atoms with Crippen molar-refractivity contribution in [3.63, 3.8) is 0 Å². The van der Waals surface area contributed by atoms with Crippen LogP contribution in [0.5, 0.6) is 11.5 Å². The third kappa shape index (κ3) is 5.67. The van der Waals surface area contributed by atoms with Gasteiger partial charge in [-0.2, -0.15) is 0 Å². The summed E-state index contributed by atoms with van der Waals surface area (Å²) >= 11 is 0. The van der Waals surface area contributed by atoms with E-state index in [0.29, 0.717) is 5.56 Å². The van der Waals surface area contributed by atoms with E-state index >= 15 is 0 Å². The van der Waals surface area contributed by atoms with Crippen molar-refractivity contribution in [3.05, 3.63) is 59.0 Å². The molecule has 14 nitrogen and oxygen atoms in total. The van der Waals surface area contributed by atoms with E-state index in [0.717, 1.165) is 0 Å². The van der Waals surface area contributed by atoms with Crippen LogP contribution in [-0.2, 0) is 9.47 Å². The molecule has 3 heterocycles. The lowest BCUT2D eigenvalue weighted by Crippen LogP contribution is -2.60. The van der Waals surface area contributed by atoms with Crippen molar-refractivity contribution in [2.24, 2.45) is 0 Å². The van der Waals surface area contributed by atoms with Gasteiger partial charge in [0.1, 0.15) is 72.2 Å². The summed E-state index contributed by atoms with van der Waals surface area (Å²) in [6, 6.07) is 10.4. The fourth-order valence-electron chi connectivity index (χ4n) is 4.69. The topological polar surface area (TPSA) is 229 Å². The van der Waals surface area contributed by atoms with Gasteiger partial charge in [-0.05, 0) is 29.8 Å². The maximum atomic E-state index is 13.2. The Bertz CT molecular complexity index is 1390. The molecule has 10 atom stereocenters. The summed E-state index contributed by atoms with van der Waals surface area (Å²) < 4.78 is 27.5. The van der Waals surface area contributed by atoms with Crippen molar-refractivity contribution in [1.82, 2.24) is 0 Å². The Hall–Kier alpha value is -3.15. The number of rotatable bonds is 7. The Labute approximate surface area is 231 Å². The van der Waals surface area contributed by atoms with Crippen molar-refractivity contribution in [1.29, 1.82) is 0 Å². The van der Waals surface area contributed by atoms with E-state index in [4.69, 9.17) is 23.4 Å². The highest BCUT2D eigenvalue weighted by atomic mass is 16.7. The largest absolute Gasteiger partial charge is 0.463 e. The fourth-order valence-corrected chi connectivity index (χ4v) is 4.69. The summed E-state index contributed by atoms with van der Waals surface area (Å²) in [5, 5.41) is 79.0. The molecule has 2 aliphatic heterocycles. The molecule has 222 valence electrons. The first-order chi connectivity index (χ1) is 19.6. The van der Waals surface area contributed by atoms with Crippen LogP contribution >= 0.6 is 0 Å². The zero-order valence-electron chi connectivity index (χ0n) is 21.3. The molecule has 0 spiro atoms. The molecule has 5 rings (SSSR count). The van der Waals surface area contributed by atoms with Gasteiger partial charge < -0.3 is 64.2 Å². The van der Waals surface area contributed by atoms with Gasteiger partial charge in [-0.15, -0.1) is 0 Å². The van der Waals surface area contributed by atoms with E-state index in [2.05, 4.69) is 0 Å². The van der Waals surface area contributed by atoms with E-state index in [1.54, 1.807) is 12.1 Å². The zero-order valence-corrected chi connectivity index (χ0v) is 21.3. The smallest absolute Gasteiger partial charge is 0.229 e. The van der Waals surface area contributed by atoms with Gasteiger partial charge in [-0.3, -0.25) is 4.79 Å². The summed E-state index contributed by atoms with van der Waals surface area (Å²) in [5.74, 6) is 0.352. The first-order valence-electron chi connectivity index (χ1n) is 12.7.